The van der Waals surface area contributed by atoms with Crippen LogP contribution in [-0.2, 0) is 4.74 Å². The van der Waals surface area contributed by atoms with E-state index in [4.69, 9.17) is 9.47 Å². The number of halogens is 1. The van der Waals surface area contributed by atoms with Gasteiger partial charge in [-0.05, 0) is 35.8 Å². The van der Waals surface area contributed by atoms with Gasteiger partial charge in [0.25, 0.3) is 0 Å². The van der Waals surface area contributed by atoms with Gasteiger partial charge in [0.2, 0.25) is 0 Å². The fraction of sp³-hybridized carbons (Fsp3) is 0.400. The maximum Gasteiger partial charge on any atom is 0.188 e. The first kappa shape index (κ1) is 12.1. The SMILES string of the molecule is COCOc1c(C(C)=O)cc(C)nc1Br. The van der Waals surface area contributed by atoms with Crippen LogP contribution < -0.4 is 4.74 Å². The number of ether oxygens (including phenoxy) is 2. The standard InChI is InChI=1S/C10H12BrNO3/c1-6-4-8(7(2)13)9(10(11)12-6)15-5-14-3/h4H,5H2,1-3H3. The highest BCUT2D eigenvalue weighted by atomic mass is 79.9. The first-order chi connectivity index (χ1) is 7.06. The molecule has 4 nitrogen and oxygen atoms in total. The number of methoxy groups -OCH3 is 1. The normalized spacial score (nSPS) is 10.1. The second-order valence-corrected chi connectivity index (χ2v) is 3.79. The molecule has 0 amide bonds. The Morgan fingerprint density at radius 1 is 1.60 bits per heavy atom. The van der Waals surface area contributed by atoms with Gasteiger partial charge in [-0.25, -0.2) is 4.98 Å². The lowest BCUT2D eigenvalue weighted by Crippen LogP contribution is -2.06. The van der Waals surface area contributed by atoms with Crippen molar-refractivity contribution in [3.05, 3.63) is 21.9 Å². The zero-order valence-corrected chi connectivity index (χ0v) is 10.4. The summed E-state index contributed by atoms with van der Waals surface area (Å²) in [5.74, 6) is 0.363. The third kappa shape index (κ3) is 3.00. The summed E-state index contributed by atoms with van der Waals surface area (Å²) < 4.78 is 10.6. The average Bonchev–Trinajstić information content (AvgIpc) is 2.15. The van der Waals surface area contributed by atoms with Crippen molar-refractivity contribution < 1.29 is 14.3 Å². The first-order valence-electron chi connectivity index (χ1n) is 4.36. The lowest BCUT2D eigenvalue weighted by molar-refractivity contribution is 0.0494. The second-order valence-electron chi connectivity index (χ2n) is 3.04. The number of ketones is 1. The van der Waals surface area contributed by atoms with Crippen molar-refractivity contribution in [1.29, 1.82) is 0 Å². The molecule has 0 saturated carbocycles. The summed E-state index contributed by atoms with van der Waals surface area (Å²) in [6, 6.07) is 1.69. The Hall–Kier alpha value is -0.940. The van der Waals surface area contributed by atoms with Crippen LogP contribution in [0.4, 0.5) is 0 Å². The number of rotatable bonds is 4. The van der Waals surface area contributed by atoms with E-state index < -0.39 is 0 Å². The molecule has 0 aliphatic heterocycles. The van der Waals surface area contributed by atoms with Gasteiger partial charge in [-0.1, -0.05) is 0 Å². The van der Waals surface area contributed by atoms with E-state index in [2.05, 4.69) is 20.9 Å². The van der Waals surface area contributed by atoms with Crippen LogP contribution in [-0.4, -0.2) is 24.7 Å². The largest absolute Gasteiger partial charge is 0.464 e. The van der Waals surface area contributed by atoms with E-state index in [0.29, 0.717) is 15.9 Å². The Balaban J connectivity index is 3.15. The number of pyridine rings is 1. The molecule has 15 heavy (non-hydrogen) atoms. The van der Waals surface area contributed by atoms with Gasteiger partial charge in [0.05, 0.1) is 5.56 Å². The number of aryl methyl sites for hydroxylation is 1. The van der Waals surface area contributed by atoms with E-state index in [-0.39, 0.29) is 12.6 Å². The van der Waals surface area contributed by atoms with E-state index >= 15 is 0 Å². The molecule has 0 aliphatic carbocycles. The number of aromatic nitrogens is 1. The van der Waals surface area contributed by atoms with E-state index in [0.717, 1.165) is 5.69 Å². The fourth-order valence-corrected chi connectivity index (χ4v) is 1.75. The number of Topliss-reactive ketones (excluding diaryl/α,β-unsaturated/α-hetero) is 1. The molecule has 82 valence electrons. The van der Waals surface area contributed by atoms with Gasteiger partial charge in [0, 0.05) is 12.8 Å². The smallest absolute Gasteiger partial charge is 0.188 e. The maximum absolute atomic E-state index is 11.4. The third-order valence-electron chi connectivity index (χ3n) is 1.76. The van der Waals surface area contributed by atoms with Crippen molar-refractivity contribution in [3.8, 4) is 5.75 Å². The Bertz CT molecular complexity index is 379. The fourth-order valence-electron chi connectivity index (χ4n) is 1.14. The highest BCUT2D eigenvalue weighted by Crippen LogP contribution is 2.28. The van der Waals surface area contributed by atoms with Gasteiger partial charge in [-0.2, -0.15) is 0 Å². The minimum absolute atomic E-state index is 0.0627. The van der Waals surface area contributed by atoms with Gasteiger partial charge >= 0.3 is 0 Å². The van der Waals surface area contributed by atoms with Crippen LogP contribution in [0.3, 0.4) is 0 Å². The van der Waals surface area contributed by atoms with Crippen LogP contribution in [0.25, 0.3) is 0 Å². The van der Waals surface area contributed by atoms with Gasteiger partial charge in [0.15, 0.2) is 18.3 Å². The molecule has 1 heterocycles. The Morgan fingerprint density at radius 2 is 2.27 bits per heavy atom. The number of hydrogen-bond acceptors (Lipinski definition) is 4. The highest BCUT2D eigenvalue weighted by Gasteiger charge is 2.14. The molecule has 1 rings (SSSR count). The molecule has 0 spiro atoms. The molecule has 1 aromatic heterocycles. The molecule has 0 atom stereocenters. The summed E-state index contributed by atoms with van der Waals surface area (Å²) in [6.45, 7) is 3.39. The molecule has 0 fully saturated rings. The predicted octanol–water partition coefficient (Wildman–Crippen LogP) is 2.34. The van der Waals surface area contributed by atoms with Crippen molar-refractivity contribution in [2.75, 3.05) is 13.9 Å². The summed E-state index contributed by atoms with van der Waals surface area (Å²) in [4.78, 5) is 15.5. The highest BCUT2D eigenvalue weighted by molar-refractivity contribution is 9.10. The van der Waals surface area contributed by atoms with Gasteiger partial charge in [-0.3, -0.25) is 4.79 Å². The molecule has 0 saturated heterocycles. The first-order valence-corrected chi connectivity index (χ1v) is 5.15. The van der Waals surface area contributed by atoms with Crippen molar-refractivity contribution in [2.45, 2.75) is 13.8 Å². The van der Waals surface area contributed by atoms with Crippen molar-refractivity contribution in [1.82, 2.24) is 4.98 Å². The third-order valence-corrected chi connectivity index (χ3v) is 2.30. The zero-order chi connectivity index (χ0) is 11.4. The van der Waals surface area contributed by atoms with E-state index in [1.807, 2.05) is 6.92 Å². The number of carbonyl (C=O) groups excluding carboxylic acids is 1. The number of hydrogen-bond donors (Lipinski definition) is 0. The quantitative estimate of drug-likeness (QED) is 0.480. The van der Waals surface area contributed by atoms with E-state index in [1.165, 1.54) is 14.0 Å². The Labute approximate surface area is 96.7 Å². The molecular formula is C10H12BrNO3. The molecule has 0 N–H and O–H groups in total. The summed E-state index contributed by atoms with van der Waals surface area (Å²) in [7, 11) is 1.52. The van der Waals surface area contributed by atoms with Crippen LogP contribution in [0.2, 0.25) is 0 Å². The monoisotopic (exact) mass is 273 g/mol. The second kappa shape index (κ2) is 5.23. The van der Waals surface area contributed by atoms with Crippen molar-refractivity contribution in [2.24, 2.45) is 0 Å². The molecule has 0 bridgehead atoms. The molecule has 0 radical (unpaired) electrons. The molecule has 1 aromatic rings. The minimum atomic E-state index is -0.0627. The maximum atomic E-state index is 11.4. The molecule has 0 aromatic carbocycles. The van der Waals surface area contributed by atoms with E-state index in [9.17, 15) is 4.79 Å². The average molecular weight is 274 g/mol. The lowest BCUT2D eigenvalue weighted by Gasteiger charge is -2.10. The number of carbonyl (C=O) groups is 1. The molecule has 5 heteroatoms. The van der Waals surface area contributed by atoms with Crippen LogP contribution in [0, 0.1) is 6.92 Å². The Morgan fingerprint density at radius 3 is 2.80 bits per heavy atom. The van der Waals surface area contributed by atoms with Crippen LogP contribution >= 0.6 is 15.9 Å². The van der Waals surface area contributed by atoms with Crippen molar-refractivity contribution >= 4 is 21.7 Å². The summed E-state index contributed by atoms with van der Waals surface area (Å²) in [5.41, 5.74) is 1.27. The molecular weight excluding hydrogens is 262 g/mol. The summed E-state index contributed by atoms with van der Waals surface area (Å²) in [5, 5.41) is 0. The minimum Gasteiger partial charge on any atom is -0.464 e. The Kier molecular flexibility index (Phi) is 4.23. The topological polar surface area (TPSA) is 48.4 Å². The van der Waals surface area contributed by atoms with E-state index in [1.54, 1.807) is 6.07 Å². The van der Waals surface area contributed by atoms with Crippen LogP contribution in [0.5, 0.6) is 5.75 Å². The van der Waals surface area contributed by atoms with Gasteiger partial charge < -0.3 is 9.47 Å². The van der Waals surface area contributed by atoms with Crippen LogP contribution in [0.1, 0.15) is 23.0 Å². The lowest BCUT2D eigenvalue weighted by atomic mass is 10.1. The molecule has 0 aliphatic rings. The van der Waals surface area contributed by atoms with Gasteiger partial charge in [0.1, 0.15) is 4.60 Å². The van der Waals surface area contributed by atoms with Crippen LogP contribution in [0.15, 0.2) is 10.7 Å². The number of nitrogens with zero attached hydrogens (tertiary/aromatic N) is 1. The van der Waals surface area contributed by atoms with Crippen molar-refractivity contribution in [3.63, 3.8) is 0 Å². The molecule has 0 unspecified atom stereocenters. The predicted molar refractivity (Wildman–Crippen MR) is 59.2 cm³/mol. The summed E-state index contributed by atoms with van der Waals surface area (Å²) >= 11 is 3.25. The summed E-state index contributed by atoms with van der Waals surface area (Å²) in [6.07, 6.45) is 0. The zero-order valence-electron chi connectivity index (χ0n) is 8.83. The van der Waals surface area contributed by atoms with Gasteiger partial charge in [-0.15, -0.1) is 0 Å².